The summed E-state index contributed by atoms with van der Waals surface area (Å²) in [5.74, 6) is 0.222. The Hall–Kier alpha value is -2.04. The fourth-order valence-electron chi connectivity index (χ4n) is 3.44. The first-order valence-corrected chi connectivity index (χ1v) is 8.89. The van der Waals surface area contributed by atoms with Crippen molar-refractivity contribution in [1.29, 1.82) is 0 Å². The molecule has 5 heteroatoms. The van der Waals surface area contributed by atoms with Crippen LogP contribution in [0.2, 0.25) is 0 Å². The van der Waals surface area contributed by atoms with Crippen LogP contribution in [0, 0.1) is 13.8 Å². The van der Waals surface area contributed by atoms with Crippen molar-refractivity contribution < 1.29 is 9.59 Å². The molecule has 1 heterocycles. The minimum Gasteiger partial charge on any atom is -0.352 e. The molecule has 1 aromatic carbocycles. The van der Waals surface area contributed by atoms with Crippen LogP contribution >= 0.6 is 0 Å². The Morgan fingerprint density at radius 1 is 1.25 bits per heavy atom. The second-order valence-corrected chi connectivity index (χ2v) is 6.64. The van der Waals surface area contributed by atoms with Gasteiger partial charge in [-0.2, -0.15) is 0 Å². The second kappa shape index (κ2) is 8.71. The molecule has 1 aliphatic heterocycles. The van der Waals surface area contributed by atoms with Gasteiger partial charge in [-0.3, -0.25) is 4.79 Å². The number of primary amides is 1. The highest BCUT2D eigenvalue weighted by Crippen LogP contribution is 2.34. The molecule has 1 aliphatic rings. The highest BCUT2D eigenvalue weighted by molar-refractivity contribution is 5.77. The number of hydrogen-bond donors (Lipinski definition) is 2. The molecule has 0 radical (unpaired) electrons. The Balaban J connectivity index is 1.97. The van der Waals surface area contributed by atoms with Crippen molar-refractivity contribution >= 4 is 11.9 Å². The first kappa shape index (κ1) is 18.3. The molecule has 3 N–H and O–H groups in total. The normalized spacial score (nSPS) is 17.6. The van der Waals surface area contributed by atoms with Crippen molar-refractivity contribution in [3.05, 3.63) is 34.9 Å². The molecular weight excluding hydrogens is 302 g/mol. The molecule has 0 bridgehead atoms. The molecule has 1 fully saturated rings. The summed E-state index contributed by atoms with van der Waals surface area (Å²) in [7, 11) is 0. The number of carbonyl (C=O) groups excluding carboxylic acids is 2. The number of urea groups is 1. The molecule has 2 rings (SSSR count). The molecule has 0 aliphatic carbocycles. The van der Waals surface area contributed by atoms with E-state index in [9.17, 15) is 9.59 Å². The van der Waals surface area contributed by atoms with Gasteiger partial charge in [0.25, 0.3) is 0 Å². The fraction of sp³-hybridized carbons (Fsp3) is 0.579. The summed E-state index contributed by atoms with van der Waals surface area (Å²) in [4.78, 5) is 25.4. The third kappa shape index (κ3) is 4.73. The lowest BCUT2D eigenvalue weighted by molar-refractivity contribution is -0.135. The predicted molar refractivity (Wildman–Crippen MR) is 95.7 cm³/mol. The Labute approximate surface area is 144 Å². The zero-order valence-corrected chi connectivity index (χ0v) is 14.8. The molecule has 132 valence electrons. The predicted octanol–water partition coefficient (Wildman–Crippen LogP) is 3.20. The number of aryl methyl sites for hydroxylation is 1. The zero-order valence-electron chi connectivity index (χ0n) is 14.8. The SMILES string of the molecule is Cc1cccc([C@H]2CCCCN2C(=O)CCCCNC(N)=O)c1C. The molecule has 0 unspecified atom stereocenters. The third-order valence-corrected chi connectivity index (χ3v) is 4.95. The standard InChI is InChI=1S/C19H29N3O2/c1-14-8-7-9-16(15(14)2)17-10-4-6-13-22(17)18(23)11-3-5-12-21-19(20)24/h7-9,17H,3-6,10-13H2,1-2H3,(H3,20,21,24)/t17-/m1/s1. The summed E-state index contributed by atoms with van der Waals surface area (Å²) in [6, 6.07) is 6.07. The monoisotopic (exact) mass is 331 g/mol. The van der Waals surface area contributed by atoms with Gasteiger partial charge in [-0.05, 0) is 62.6 Å². The van der Waals surface area contributed by atoms with Crippen LogP contribution in [0.5, 0.6) is 0 Å². The van der Waals surface area contributed by atoms with Crippen LogP contribution in [0.15, 0.2) is 18.2 Å². The number of unbranched alkanes of at least 4 members (excludes halogenated alkanes) is 1. The number of likely N-dealkylation sites (tertiary alicyclic amines) is 1. The molecular formula is C19H29N3O2. The van der Waals surface area contributed by atoms with Gasteiger partial charge in [0.15, 0.2) is 0 Å². The smallest absolute Gasteiger partial charge is 0.312 e. The molecule has 5 nitrogen and oxygen atoms in total. The van der Waals surface area contributed by atoms with Gasteiger partial charge in [0.1, 0.15) is 0 Å². The van der Waals surface area contributed by atoms with Crippen LogP contribution in [0.1, 0.15) is 61.3 Å². The molecule has 0 spiro atoms. The van der Waals surface area contributed by atoms with Gasteiger partial charge in [-0.1, -0.05) is 18.2 Å². The quantitative estimate of drug-likeness (QED) is 0.786. The van der Waals surface area contributed by atoms with Gasteiger partial charge >= 0.3 is 6.03 Å². The third-order valence-electron chi connectivity index (χ3n) is 4.95. The molecule has 1 atom stereocenters. The lowest BCUT2D eigenvalue weighted by Gasteiger charge is -2.37. The number of benzene rings is 1. The van der Waals surface area contributed by atoms with Crippen molar-refractivity contribution in [3.63, 3.8) is 0 Å². The Kier molecular flexibility index (Phi) is 6.64. The van der Waals surface area contributed by atoms with Gasteiger partial charge in [-0.15, -0.1) is 0 Å². The number of piperidine rings is 1. The molecule has 1 saturated heterocycles. The van der Waals surface area contributed by atoms with Gasteiger partial charge in [0.2, 0.25) is 5.91 Å². The lowest BCUT2D eigenvalue weighted by atomic mass is 9.90. The maximum atomic E-state index is 12.7. The van der Waals surface area contributed by atoms with E-state index in [1.165, 1.54) is 23.1 Å². The summed E-state index contributed by atoms with van der Waals surface area (Å²) < 4.78 is 0. The van der Waals surface area contributed by atoms with Crippen LogP contribution in [0.4, 0.5) is 4.79 Å². The van der Waals surface area contributed by atoms with Crippen LogP contribution < -0.4 is 11.1 Å². The summed E-state index contributed by atoms with van der Waals surface area (Å²) in [5, 5.41) is 2.56. The minimum atomic E-state index is -0.507. The van der Waals surface area contributed by atoms with E-state index in [4.69, 9.17) is 5.73 Å². The first-order chi connectivity index (χ1) is 11.5. The van der Waals surface area contributed by atoms with Gasteiger partial charge in [-0.25, -0.2) is 4.79 Å². The molecule has 0 saturated carbocycles. The van der Waals surface area contributed by atoms with Crippen molar-refractivity contribution in [1.82, 2.24) is 10.2 Å². The van der Waals surface area contributed by atoms with E-state index in [2.05, 4.69) is 42.3 Å². The number of nitrogens with two attached hydrogens (primary N) is 1. The van der Waals surface area contributed by atoms with Crippen LogP contribution in [-0.2, 0) is 4.79 Å². The maximum Gasteiger partial charge on any atom is 0.312 e. The summed E-state index contributed by atoms with van der Waals surface area (Å²) >= 11 is 0. The van der Waals surface area contributed by atoms with Crippen molar-refractivity contribution in [2.75, 3.05) is 13.1 Å². The molecule has 24 heavy (non-hydrogen) atoms. The molecule has 3 amide bonds. The topological polar surface area (TPSA) is 75.4 Å². The number of rotatable bonds is 6. The van der Waals surface area contributed by atoms with E-state index < -0.39 is 6.03 Å². The highest BCUT2D eigenvalue weighted by Gasteiger charge is 2.28. The van der Waals surface area contributed by atoms with Gasteiger partial charge in [0.05, 0.1) is 6.04 Å². The molecule has 1 aromatic rings. The average molecular weight is 331 g/mol. The summed E-state index contributed by atoms with van der Waals surface area (Å²) in [6.45, 7) is 5.65. The molecule has 0 aromatic heterocycles. The second-order valence-electron chi connectivity index (χ2n) is 6.64. The minimum absolute atomic E-state index is 0.204. The number of hydrogen-bond acceptors (Lipinski definition) is 2. The highest BCUT2D eigenvalue weighted by atomic mass is 16.2. The average Bonchev–Trinajstić information content (AvgIpc) is 2.56. The number of nitrogens with zero attached hydrogens (tertiary/aromatic N) is 1. The number of carbonyl (C=O) groups is 2. The van der Waals surface area contributed by atoms with E-state index in [0.717, 1.165) is 32.2 Å². The van der Waals surface area contributed by atoms with Gasteiger partial charge < -0.3 is 16.0 Å². The van der Waals surface area contributed by atoms with E-state index in [-0.39, 0.29) is 11.9 Å². The number of nitrogens with one attached hydrogen (secondary N) is 1. The summed E-state index contributed by atoms with van der Waals surface area (Å²) in [5.41, 5.74) is 8.90. The van der Waals surface area contributed by atoms with Crippen molar-refractivity contribution in [2.45, 2.75) is 58.4 Å². The van der Waals surface area contributed by atoms with Crippen LogP contribution in [0.25, 0.3) is 0 Å². The van der Waals surface area contributed by atoms with Crippen LogP contribution in [0.3, 0.4) is 0 Å². The van der Waals surface area contributed by atoms with E-state index >= 15 is 0 Å². The van der Waals surface area contributed by atoms with E-state index in [1.807, 2.05) is 0 Å². The lowest BCUT2D eigenvalue weighted by Crippen LogP contribution is -2.38. The van der Waals surface area contributed by atoms with Gasteiger partial charge in [0, 0.05) is 19.5 Å². The van der Waals surface area contributed by atoms with Crippen LogP contribution in [-0.4, -0.2) is 29.9 Å². The number of amides is 3. The largest absolute Gasteiger partial charge is 0.352 e. The van der Waals surface area contributed by atoms with Crippen molar-refractivity contribution in [2.24, 2.45) is 5.73 Å². The summed E-state index contributed by atoms with van der Waals surface area (Å²) in [6.07, 6.45) is 5.37. The van der Waals surface area contributed by atoms with E-state index in [0.29, 0.717) is 13.0 Å². The Morgan fingerprint density at radius 3 is 2.79 bits per heavy atom. The van der Waals surface area contributed by atoms with Crippen molar-refractivity contribution in [3.8, 4) is 0 Å². The Morgan fingerprint density at radius 2 is 2.04 bits per heavy atom. The maximum absolute atomic E-state index is 12.7. The fourth-order valence-corrected chi connectivity index (χ4v) is 3.44. The van der Waals surface area contributed by atoms with E-state index in [1.54, 1.807) is 0 Å². The first-order valence-electron chi connectivity index (χ1n) is 8.89. The Bertz CT molecular complexity index is 586. The zero-order chi connectivity index (χ0) is 17.5.